The number of likely N-dealkylation sites (tertiary alicyclic amines) is 1. The van der Waals surface area contributed by atoms with E-state index in [1.165, 1.54) is 5.69 Å². The van der Waals surface area contributed by atoms with E-state index in [1.54, 1.807) is 4.90 Å². The van der Waals surface area contributed by atoms with E-state index in [1.807, 2.05) is 24.9 Å². The van der Waals surface area contributed by atoms with Crippen molar-refractivity contribution in [1.82, 2.24) is 20.0 Å². The Morgan fingerprint density at radius 3 is 2.71 bits per heavy atom. The minimum Gasteiger partial charge on any atom is -0.450 e. The molecule has 1 fully saturated rings. The summed E-state index contributed by atoms with van der Waals surface area (Å²) in [6.07, 6.45) is 4.61. The normalized spacial score (nSPS) is 17.8. The summed E-state index contributed by atoms with van der Waals surface area (Å²) in [4.78, 5) is 13.5. The number of amides is 1. The summed E-state index contributed by atoms with van der Waals surface area (Å²) in [7, 11) is 1.98. The molecule has 1 atom stereocenters. The average molecular weight is 294 g/mol. The fraction of sp³-hybridized carbons (Fsp3) is 0.733. The number of piperidine rings is 1. The Morgan fingerprint density at radius 1 is 1.48 bits per heavy atom. The number of ether oxygens (including phenoxy) is 1. The fourth-order valence-corrected chi connectivity index (χ4v) is 2.87. The Morgan fingerprint density at radius 2 is 2.19 bits per heavy atom. The third kappa shape index (κ3) is 3.97. The molecule has 1 unspecified atom stereocenters. The number of rotatable bonds is 5. The molecule has 118 valence electrons. The number of aryl methyl sites for hydroxylation is 1. The van der Waals surface area contributed by atoms with E-state index in [0.717, 1.165) is 32.4 Å². The molecular formula is C15H26N4O2. The highest BCUT2D eigenvalue weighted by molar-refractivity contribution is 5.67. The van der Waals surface area contributed by atoms with Gasteiger partial charge in [0, 0.05) is 38.4 Å². The molecule has 2 rings (SSSR count). The number of nitrogens with one attached hydrogen (secondary N) is 1. The molecule has 1 aliphatic heterocycles. The number of aromatic nitrogens is 2. The lowest BCUT2D eigenvalue weighted by atomic mass is 10.0. The lowest BCUT2D eigenvalue weighted by Crippen LogP contribution is -2.46. The molecule has 0 spiro atoms. The summed E-state index contributed by atoms with van der Waals surface area (Å²) in [6, 6.07) is 2.82. The van der Waals surface area contributed by atoms with Gasteiger partial charge in [0.15, 0.2) is 0 Å². The molecule has 1 aliphatic rings. The number of hydrogen-bond acceptors (Lipinski definition) is 4. The minimum absolute atomic E-state index is 0.186. The van der Waals surface area contributed by atoms with E-state index in [0.29, 0.717) is 18.7 Å². The number of carbonyl (C=O) groups is 1. The van der Waals surface area contributed by atoms with Crippen molar-refractivity contribution in [2.45, 2.75) is 45.2 Å². The molecule has 0 aliphatic carbocycles. The van der Waals surface area contributed by atoms with Crippen LogP contribution in [0.15, 0.2) is 12.3 Å². The van der Waals surface area contributed by atoms with Crippen molar-refractivity contribution in [3.05, 3.63) is 18.0 Å². The molecule has 0 aromatic carbocycles. The first-order valence-electron chi connectivity index (χ1n) is 7.81. The third-order valence-corrected chi connectivity index (χ3v) is 4.08. The topological polar surface area (TPSA) is 59.4 Å². The van der Waals surface area contributed by atoms with Gasteiger partial charge in [-0.2, -0.15) is 5.10 Å². The van der Waals surface area contributed by atoms with Gasteiger partial charge in [-0.05, 0) is 32.3 Å². The monoisotopic (exact) mass is 294 g/mol. The lowest BCUT2D eigenvalue weighted by molar-refractivity contribution is 0.0940. The van der Waals surface area contributed by atoms with Gasteiger partial charge in [-0.15, -0.1) is 0 Å². The van der Waals surface area contributed by atoms with Crippen LogP contribution in [0.3, 0.4) is 0 Å². The second-order valence-electron chi connectivity index (χ2n) is 5.47. The predicted octanol–water partition coefficient (Wildman–Crippen LogP) is 2.08. The van der Waals surface area contributed by atoms with Gasteiger partial charge in [-0.3, -0.25) is 4.68 Å². The molecule has 1 amide bonds. The SMILES string of the molecule is CCOC(=O)N1CCC(NC(CC)c2ccnn2C)CC1. The highest BCUT2D eigenvalue weighted by Crippen LogP contribution is 2.20. The Balaban J connectivity index is 1.85. The van der Waals surface area contributed by atoms with Crippen LogP contribution >= 0.6 is 0 Å². The van der Waals surface area contributed by atoms with Gasteiger partial charge in [0.2, 0.25) is 0 Å². The first-order chi connectivity index (χ1) is 10.2. The molecule has 2 heterocycles. The molecule has 1 N–H and O–H groups in total. The summed E-state index contributed by atoms with van der Waals surface area (Å²) in [5.74, 6) is 0. The molecule has 21 heavy (non-hydrogen) atoms. The first-order valence-corrected chi connectivity index (χ1v) is 7.81. The standard InChI is InChI=1S/C15H26N4O2/c1-4-13(14-6-9-16-18(14)3)17-12-7-10-19(11-8-12)15(20)21-5-2/h6,9,12-13,17H,4-5,7-8,10-11H2,1-3H3. The van der Waals surface area contributed by atoms with E-state index in [-0.39, 0.29) is 6.09 Å². The summed E-state index contributed by atoms with van der Waals surface area (Å²) < 4.78 is 6.97. The summed E-state index contributed by atoms with van der Waals surface area (Å²) in [6.45, 7) is 5.98. The summed E-state index contributed by atoms with van der Waals surface area (Å²) in [5, 5.41) is 7.94. The van der Waals surface area contributed by atoms with Crippen LogP contribution in [0.1, 0.15) is 44.8 Å². The van der Waals surface area contributed by atoms with Crippen LogP contribution in [0.4, 0.5) is 4.79 Å². The van der Waals surface area contributed by atoms with Crippen molar-refractivity contribution in [2.24, 2.45) is 7.05 Å². The zero-order valence-electron chi connectivity index (χ0n) is 13.2. The van der Waals surface area contributed by atoms with Crippen molar-refractivity contribution in [3.63, 3.8) is 0 Å². The van der Waals surface area contributed by atoms with E-state index in [9.17, 15) is 4.79 Å². The second-order valence-corrected chi connectivity index (χ2v) is 5.47. The minimum atomic E-state index is -0.186. The molecule has 1 saturated heterocycles. The summed E-state index contributed by atoms with van der Waals surface area (Å²) in [5.41, 5.74) is 1.21. The highest BCUT2D eigenvalue weighted by atomic mass is 16.6. The van der Waals surface area contributed by atoms with Crippen LogP contribution in [0, 0.1) is 0 Å². The maximum Gasteiger partial charge on any atom is 0.409 e. The van der Waals surface area contributed by atoms with Crippen molar-refractivity contribution in [2.75, 3.05) is 19.7 Å². The molecule has 1 aromatic heterocycles. The molecule has 0 bridgehead atoms. The molecule has 6 nitrogen and oxygen atoms in total. The zero-order valence-corrected chi connectivity index (χ0v) is 13.2. The number of nitrogens with zero attached hydrogens (tertiary/aromatic N) is 3. The number of hydrogen-bond donors (Lipinski definition) is 1. The predicted molar refractivity (Wildman–Crippen MR) is 81.0 cm³/mol. The van der Waals surface area contributed by atoms with Crippen molar-refractivity contribution >= 4 is 6.09 Å². The second kappa shape index (κ2) is 7.45. The Labute approximate surface area is 126 Å². The van der Waals surface area contributed by atoms with Crippen LogP contribution in [0.2, 0.25) is 0 Å². The smallest absolute Gasteiger partial charge is 0.409 e. The van der Waals surface area contributed by atoms with Crippen molar-refractivity contribution in [1.29, 1.82) is 0 Å². The molecule has 0 saturated carbocycles. The highest BCUT2D eigenvalue weighted by Gasteiger charge is 2.25. The Hall–Kier alpha value is -1.56. The van der Waals surface area contributed by atoms with E-state index < -0.39 is 0 Å². The largest absolute Gasteiger partial charge is 0.450 e. The molecule has 6 heteroatoms. The third-order valence-electron chi connectivity index (χ3n) is 4.08. The van der Waals surface area contributed by atoms with Crippen molar-refractivity contribution < 1.29 is 9.53 Å². The van der Waals surface area contributed by atoms with Gasteiger partial charge in [-0.1, -0.05) is 6.92 Å². The molecular weight excluding hydrogens is 268 g/mol. The van der Waals surface area contributed by atoms with Crippen LogP contribution in [-0.4, -0.2) is 46.5 Å². The van der Waals surface area contributed by atoms with E-state index >= 15 is 0 Å². The van der Waals surface area contributed by atoms with Crippen molar-refractivity contribution in [3.8, 4) is 0 Å². The van der Waals surface area contributed by atoms with Gasteiger partial charge < -0.3 is 15.0 Å². The zero-order chi connectivity index (χ0) is 15.2. The molecule has 1 aromatic rings. The van der Waals surface area contributed by atoms with Gasteiger partial charge >= 0.3 is 6.09 Å². The van der Waals surface area contributed by atoms with Crippen LogP contribution in [0.5, 0.6) is 0 Å². The summed E-state index contributed by atoms with van der Waals surface area (Å²) >= 11 is 0. The molecule has 0 radical (unpaired) electrons. The quantitative estimate of drug-likeness (QED) is 0.903. The maximum absolute atomic E-state index is 11.7. The fourth-order valence-electron chi connectivity index (χ4n) is 2.87. The van der Waals surface area contributed by atoms with Crippen LogP contribution < -0.4 is 5.32 Å². The van der Waals surface area contributed by atoms with E-state index in [2.05, 4.69) is 23.4 Å². The van der Waals surface area contributed by atoms with Gasteiger partial charge in [0.1, 0.15) is 0 Å². The van der Waals surface area contributed by atoms with Gasteiger partial charge in [0.25, 0.3) is 0 Å². The van der Waals surface area contributed by atoms with Crippen LogP contribution in [0.25, 0.3) is 0 Å². The lowest BCUT2D eigenvalue weighted by Gasteiger charge is -2.33. The Kier molecular flexibility index (Phi) is 5.61. The first kappa shape index (κ1) is 15.8. The van der Waals surface area contributed by atoms with Crippen LogP contribution in [-0.2, 0) is 11.8 Å². The van der Waals surface area contributed by atoms with Gasteiger partial charge in [-0.25, -0.2) is 4.79 Å². The van der Waals surface area contributed by atoms with Gasteiger partial charge in [0.05, 0.1) is 12.3 Å². The maximum atomic E-state index is 11.7. The average Bonchev–Trinajstić information content (AvgIpc) is 2.92. The Bertz CT molecular complexity index is 452. The van der Waals surface area contributed by atoms with E-state index in [4.69, 9.17) is 4.74 Å². The number of carbonyl (C=O) groups excluding carboxylic acids is 1.